The molecule has 2 aliphatic heterocycles. The summed E-state index contributed by atoms with van der Waals surface area (Å²) in [5.41, 5.74) is 0.743. The molecule has 0 unspecified atom stereocenters. The van der Waals surface area contributed by atoms with Crippen LogP contribution >= 0.6 is 23.5 Å². The van der Waals surface area contributed by atoms with Gasteiger partial charge in [0.15, 0.2) is 0 Å². The maximum atomic E-state index is 13.4. The molecule has 2 N–H and O–H groups in total. The van der Waals surface area contributed by atoms with Crippen LogP contribution in [-0.2, 0) is 32.7 Å². The molecule has 17 heteroatoms. The summed E-state index contributed by atoms with van der Waals surface area (Å²) in [5, 5.41) is 32.8. The summed E-state index contributed by atoms with van der Waals surface area (Å²) in [6.07, 6.45) is 3.31. The molecule has 1 fully saturated rings. The highest BCUT2D eigenvalue weighted by Gasteiger charge is 2.66. The molecular formula is C24H22N10O5S2. The van der Waals surface area contributed by atoms with E-state index in [0.29, 0.717) is 22.2 Å². The van der Waals surface area contributed by atoms with Crippen LogP contribution in [0.3, 0.4) is 0 Å². The Morgan fingerprint density at radius 1 is 1.24 bits per heavy atom. The summed E-state index contributed by atoms with van der Waals surface area (Å²) in [4.78, 5) is 44.3. The highest BCUT2D eigenvalue weighted by Crippen LogP contribution is 2.47. The number of carbonyl (C=O) groups excluding carboxylic acids is 2. The lowest BCUT2D eigenvalue weighted by molar-refractivity contribution is -0.192. The topological polar surface area (TPSA) is 183 Å². The second-order valence-electron chi connectivity index (χ2n) is 9.14. The number of β-lactam (4-membered cyclic amide) rings is 1. The van der Waals surface area contributed by atoms with Crippen molar-refractivity contribution in [1.29, 1.82) is 0 Å². The molecule has 0 bridgehead atoms. The van der Waals surface area contributed by atoms with Crippen LogP contribution < -0.4 is 5.32 Å². The van der Waals surface area contributed by atoms with Crippen LogP contribution in [0.1, 0.15) is 0 Å². The van der Waals surface area contributed by atoms with Crippen LogP contribution in [0.15, 0.2) is 59.2 Å². The van der Waals surface area contributed by atoms with Crippen molar-refractivity contribution in [2.24, 2.45) is 7.05 Å². The van der Waals surface area contributed by atoms with E-state index in [0.717, 1.165) is 21.4 Å². The van der Waals surface area contributed by atoms with Crippen LogP contribution in [0.2, 0.25) is 0 Å². The number of carboxylic acids is 1. The van der Waals surface area contributed by atoms with Crippen LogP contribution in [0, 0.1) is 0 Å². The Balaban J connectivity index is 1.17. The van der Waals surface area contributed by atoms with Gasteiger partial charge in [0.1, 0.15) is 23.3 Å². The average Bonchev–Trinajstić information content (AvgIpc) is 3.61. The molecule has 0 radical (unpaired) electrons. The molecule has 0 aliphatic carbocycles. The highest BCUT2D eigenvalue weighted by molar-refractivity contribution is 8.01. The molecule has 6 rings (SSSR count). The van der Waals surface area contributed by atoms with Crippen molar-refractivity contribution in [2.75, 3.05) is 18.6 Å². The number of para-hydroxylation sites is 1. The summed E-state index contributed by atoms with van der Waals surface area (Å²) in [6.45, 7) is -0.240. The first-order valence-electron chi connectivity index (χ1n) is 12.2. The number of aromatic nitrogens is 8. The second-order valence-corrected chi connectivity index (χ2v) is 11.2. The van der Waals surface area contributed by atoms with Crippen LogP contribution in [-0.4, -0.2) is 97.7 Å². The number of nitrogens with zero attached hydrogens (tertiary/aromatic N) is 9. The first-order valence-corrected chi connectivity index (χ1v) is 14.2. The number of benzene rings is 1. The van der Waals surface area contributed by atoms with Gasteiger partial charge in [0.05, 0.1) is 11.7 Å². The van der Waals surface area contributed by atoms with Crippen molar-refractivity contribution in [1.82, 2.24) is 50.4 Å². The molecule has 2 amide bonds. The van der Waals surface area contributed by atoms with Crippen molar-refractivity contribution in [3.05, 3.63) is 54.0 Å². The smallest absolute Gasteiger partial charge is 0.352 e. The zero-order valence-corrected chi connectivity index (χ0v) is 23.3. The molecule has 0 saturated carbocycles. The zero-order chi connectivity index (χ0) is 28.7. The molecule has 2 atom stereocenters. The molecule has 210 valence electrons. The SMILES string of the molecule is CO[C@@]1(NC(=O)Cn2cc(-c3cccc4cccnc34)nn2)C(=O)N2C(C(=O)O)=C(CSc3nnnn3C)CS[C@@H]21. The number of tetrazole rings is 1. The lowest BCUT2D eigenvalue weighted by Gasteiger charge is -2.55. The van der Waals surface area contributed by atoms with Gasteiger partial charge in [-0.25, -0.2) is 14.2 Å². The van der Waals surface area contributed by atoms with Crippen LogP contribution in [0.25, 0.3) is 22.2 Å². The van der Waals surface area contributed by atoms with Gasteiger partial charge in [0.2, 0.25) is 11.1 Å². The number of hydrogen-bond acceptors (Lipinski definition) is 12. The Kier molecular flexibility index (Phi) is 6.92. The van der Waals surface area contributed by atoms with Crippen molar-refractivity contribution in [2.45, 2.75) is 22.8 Å². The van der Waals surface area contributed by atoms with E-state index in [4.69, 9.17) is 4.74 Å². The number of pyridine rings is 1. The Bertz CT molecular complexity index is 1720. The minimum atomic E-state index is -1.72. The van der Waals surface area contributed by atoms with Crippen molar-refractivity contribution >= 4 is 52.2 Å². The van der Waals surface area contributed by atoms with E-state index in [-0.39, 0.29) is 18.0 Å². The monoisotopic (exact) mass is 594 g/mol. The molecule has 41 heavy (non-hydrogen) atoms. The fraction of sp³-hybridized carbons (Fsp3) is 0.292. The lowest BCUT2D eigenvalue weighted by Crippen LogP contribution is -2.80. The van der Waals surface area contributed by atoms with Gasteiger partial charge in [-0.05, 0) is 22.1 Å². The number of ether oxygens (including phenoxy) is 1. The van der Waals surface area contributed by atoms with Crippen molar-refractivity contribution < 1.29 is 24.2 Å². The molecular weight excluding hydrogens is 572 g/mol. The summed E-state index contributed by atoms with van der Waals surface area (Å²) >= 11 is 2.56. The largest absolute Gasteiger partial charge is 0.477 e. The Labute approximate surface area is 240 Å². The first-order chi connectivity index (χ1) is 19.8. The maximum Gasteiger partial charge on any atom is 0.352 e. The Hall–Kier alpha value is -4.35. The zero-order valence-electron chi connectivity index (χ0n) is 21.7. The van der Waals surface area contributed by atoms with E-state index >= 15 is 0 Å². The van der Waals surface area contributed by atoms with E-state index in [2.05, 4.69) is 36.1 Å². The number of hydrogen-bond donors (Lipinski definition) is 2. The number of aryl methyl sites for hydroxylation is 1. The van der Waals surface area contributed by atoms with Gasteiger partial charge in [-0.15, -0.1) is 22.0 Å². The van der Waals surface area contributed by atoms with Gasteiger partial charge in [0.25, 0.3) is 11.6 Å². The number of carboxylic acid groups (broad SMARTS) is 1. The highest BCUT2D eigenvalue weighted by atomic mass is 32.2. The molecule has 1 saturated heterocycles. The minimum Gasteiger partial charge on any atom is -0.477 e. The minimum absolute atomic E-state index is 0.132. The third kappa shape index (κ3) is 4.60. The van der Waals surface area contributed by atoms with Gasteiger partial charge in [0, 0.05) is 42.8 Å². The molecule has 3 aromatic heterocycles. The van der Waals surface area contributed by atoms with Crippen LogP contribution in [0.4, 0.5) is 0 Å². The van der Waals surface area contributed by atoms with E-state index < -0.39 is 28.9 Å². The number of fused-ring (bicyclic) bond motifs is 2. The standard InChI is InChI=1S/C24H22N10O5S2/c1-32-23(28-29-31-32)41-12-14-11-40-22-24(39-2,21(38)34(22)19(14)20(36)37)26-17(35)10-33-9-16(27-30-33)15-7-3-5-13-6-4-8-25-18(13)15/h3-9,22H,10-12H2,1-2H3,(H,26,35)(H,36,37)/t22-,24+/m1/s1. The molecule has 5 heterocycles. The number of carbonyl (C=O) groups is 3. The summed E-state index contributed by atoms with van der Waals surface area (Å²) in [7, 11) is 2.98. The van der Waals surface area contributed by atoms with E-state index in [1.165, 1.54) is 40.0 Å². The van der Waals surface area contributed by atoms with Gasteiger partial charge < -0.3 is 15.2 Å². The summed E-state index contributed by atoms with van der Waals surface area (Å²) in [6, 6.07) is 9.49. The lowest BCUT2D eigenvalue weighted by atomic mass is 9.98. The molecule has 4 aromatic rings. The Morgan fingerprint density at radius 3 is 2.83 bits per heavy atom. The van der Waals surface area contributed by atoms with Gasteiger partial charge in [-0.1, -0.05) is 41.2 Å². The third-order valence-corrected chi connectivity index (χ3v) is 9.14. The molecule has 1 aromatic carbocycles. The van der Waals surface area contributed by atoms with Gasteiger partial charge in [-0.3, -0.25) is 19.5 Å². The van der Waals surface area contributed by atoms with E-state index in [9.17, 15) is 19.5 Å². The first kappa shape index (κ1) is 26.9. The molecule has 15 nitrogen and oxygen atoms in total. The molecule has 2 aliphatic rings. The van der Waals surface area contributed by atoms with Gasteiger partial charge in [-0.2, -0.15) is 0 Å². The van der Waals surface area contributed by atoms with E-state index in [1.807, 2.05) is 30.3 Å². The Morgan fingerprint density at radius 2 is 2.07 bits per heavy atom. The fourth-order valence-electron chi connectivity index (χ4n) is 4.75. The maximum absolute atomic E-state index is 13.4. The van der Waals surface area contributed by atoms with Crippen molar-refractivity contribution in [3.63, 3.8) is 0 Å². The quantitative estimate of drug-likeness (QED) is 0.155. The van der Waals surface area contributed by atoms with E-state index in [1.54, 1.807) is 19.4 Å². The number of amides is 2. The molecule has 0 spiro atoms. The predicted molar refractivity (Wildman–Crippen MR) is 146 cm³/mol. The number of aliphatic carboxylic acids is 1. The summed E-state index contributed by atoms with van der Waals surface area (Å²) < 4.78 is 8.36. The number of methoxy groups -OCH3 is 1. The number of nitrogens with one attached hydrogen (secondary N) is 1. The third-order valence-electron chi connectivity index (χ3n) is 6.67. The number of rotatable bonds is 9. The predicted octanol–water partition coefficient (Wildman–Crippen LogP) is 0.522. The van der Waals surface area contributed by atoms with Crippen molar-refractivity contribution in [3.8, 4) is 11.3 Å². The van der Waals surface area contributed by atoms with Crippen LogP contribution in [0.5, 0.6) is 0 Å². The number of thioether (sulfide) groups is 2. The fourth-order valence-corrected chi connectivity index (χ4v) is 7.18. The normalized spacial score (nSPS) is 20.2. The van der Waals surface area contributed by atoms with Gasteiger partial charge >= 0.3 is 5.97 Å². The summed E-state index contributed by atoms with van der Waals surface area (Å²) in [5.74, 6) is -1.89. The second kappa shape index (κ2) is 10.6. The average molecular weight is 595 g/mol.